The topological polar surface area (TPSA) is 57.6 Å². The Hall–Kier alpha value is -1.17. The number of rotatable bonds is 3. The first kappa shape index (κ1) is 19.8. The Bertz CT molecular complexity index is 970. The molecule has 0 aromatic heterocycles. The van der Waals surface area contributed by atoms with Gasteiger partial charge in [-0.3, -0.25) is 0 Å². The Morgan fingerprint density at radius 3 is 2.41 bits per heavy atom. The molecule has 1 aromatic carbocycles. The van der Waals surface area contributed by atoms with Crippen LogP contribution in [0.5, 0.6) is 0 Å². The fourth-order valence-electron chi connectivity index (χ4n) is 7.34. The minimum atomic E-state index is -3.43. The molecule has 0 unspecified atom stereocenters. The zero-order valence-electron chi connectivity index (χ0n) is 17.8. The summed E-state index contributed by atoms with van der Waals surface area (Å²) in [6, 6.07) is 8.47. The number of allylic oxidation sites excluding steroid dienone is 1. The van der Waals surface area contributed by atoms with Crippen LogP contribution in [0, 0.1) is 16.7 Å². The van der Waals surface area contributed by atoms with Gasteiger partial charge in [-0.2, -0.15) is 0 Å². The van der Waals surface area contributed by atoms with Gasteiger partial charge in [-0.15, -0.1) is 0 Å². The van der Waals surface area contributed by atoms with Crippen molar-refractivity contribution in [1.29, 1.82) is 0 Å². The zero-order chi connectivity index (χ0) is 20.7. The summed E-state index contributed by atoms with van der Waals surface area (Å²) in [5.41, 5.74) is 0.998. The molecule has 1 aromatic rings. The van der Waals surface area contributed by atoms with Crippen LogP contribution >= 0.6 is 0 Å². The van der Waals surface area contributed by atoms with Crippen molar-refractivity contribution in [3.63, 3.8) is 0 Å². The van der Waals surface area contributed by atoms with Gasteiger partial charge in [0, 0.05) is 23.9 Å². The summed E-state index contributed by atoms with van der Waals surface area (Å²) in [5.74, 6) is 0.494. The third-order valence-electron chi connectivity index (χ3n) is 9.36. The number of hydrogen-bond acceptors (Lipinski definition) is 3. The third kappa shape index (κ3) is 2.53. The van der Waals surface area contributed by atoms with Gasteiger partial charge < -0.3 is 5.11 Å². The molecular formula is C24H33NO3S. The van der Waals surface area contributed by atoms with Crippen LogP contribution < -0.4 is 0 Å². The molecular weight excluding hydrogens is 382 g/mol. The standard InChI is InChI=1S/C24H33NO3S/c1-21(2)19-9-11-24(21,22(3,26)16-19)17-29(27,28)25-14-12-23(13-15-25)10-8-18-6-4-5-7-20(18)23/h4-8,10,19,26H,9,11-17H2,1-3H3/t19-,22-,24+/m1/s1. The third-order valence-corrected chi connectivity index (χ3v) is 11.4. The molecule has 4 aliphatic rings. The van der Waals surface area contributed by atoms with Crippen molar-refractivity contribution in [2.45, 2.75) is 63.9 Å². The molecule has 29 heavy (non-hydrogen) atoms. The van der Waals surface area contributed by atoms with E-state index in [0.29, 0.717) is 19.0 Å². The molecule has 4 nitrogen and oxygen atoms in total. The summed E-state index contributed by atoms with van der Waals surface area (Å²) in [4.78, 5) is 0. The summed E-state index contributed by atoms with van der Waals surface area (Å²) in [6.07, 6.45) is 8.70. The second kappa shape index (κ2) is 5.95. The second-order valence-electron chi connectivity index (χ2n) is 10.7. The van der Waals surface area contributed by atoms with E-state index in [1.165, 1.54) is 11.1 Å². The van der Waals surface area contributed by atoms with Gasteiger partial charge in [-0.1, -0.05) is 50.3 Å². The molecule has 1 saturated heterocycles. The van der Waals surface area contributed by atoms with Crippen molar-refractivity contribution >= 4 is 16.1 Å². The number of aliphatic hydroxyl groups is 1. The molecule has 1 aliphatic heterocycles. The van der Waals surface area contributed by atoms with Gasteiger partial charge in [0.05, 0.1) is 11.4 Å². The highest BCUT2D eigenvalue weighted by Gasteiger charge is 2.70. The molecule has 5 heteroatoms. The monoisotopic (exact) mass is 415 g/mol. The molecule has 5 rings (SSSR count). The van der Waals surface area contributed by atoms with Crippen molar-refractivity contribution in [2.24, 2.45) is 16.7 Å². The van der Waals surface area contributed by atoms with Gasteiger partial charge in [0.2, 0.25) is 10.0 Å². The van der Waals surface area contributed by atoms with Gasteiger partial charge in [-0.05, 0) is 61.5 Å². The lowest BCUT2D eigenvalue weighted by Crippen LogP contribution is -2.55. The highest BCUT2D eigenvalue weighted by molar-refractivity contribution is 7.89. The minimum Gasteiger partial charge on any atom is -0.390 e. The highest BCUT2D eigenvalue weighted by Crippen LogP contribution is 2.70. The number of sulfonamides is 1. The summed E-state index contributed by atoms with van der Waals surface area (Å²) < 4.78 is 28.8. The van der Waals surface area contributed by atoms with Crippen LogP contribution in [0.15, 0.2) is 30.3 Å². The highest BCUT2D eigenvalue weighted by atomic mass is 32.2. The molecule has 0 radical (unpaired) electrons. The molecule has 3 aliphatic carbocycles. The lowest BCUT2D eigenvalue weighted by molar-refractivity contribution is -0.0727. The van der Waals surface area contributed by atoms with E-state index in [9.17, 15) is 13.5 Å². The molecule has 1 N–H and O–H groups in total. The number of nitrogens with zero attached hydrogens (tertiary/aromatic N) is 1. The van der Waals surface area contributed by atoms with Crippen molar-refractivity contribution in [3.05, 3.63) is 41.5 Å². The van der Waals surface area contributed by atoms with Crippen LogP contribution in [0.3, 0.4) is 0 Å². The summed E-state index contributed by atoms with van der Waals surface area (Å²) >= 11 is 0. The number of benzene rings is 1. The Balaban J connectivity index is 1.37. The van der Waals surface area contributed by atoms with E-state index in [2.05, 4.69) is 50.3 Å². The molecule has 1 heterocycles. The SMILES string of the molecule is CC1(C)[C@@H]2CC[C@@]1(CS(=O)(=O)N1CCC3(C=Cc4ccccc43)CC1)[C@](C)(O)C2. The van der Waals surface area contributed by atoms with Gasteiger partial charge in [-0.25, -0.2) is 12.7 Å². The average Bonchev–Trinajstić information content (AvgIpc) is 3.17. The van der Waals surface area contributed by atoms with Crippen molar-refractivity contribution in [2.75, 3.05) is 18.8 Å². The van der Waals surface area contributed by atoms with Crippen LogP contribution in [0.25, 0.3) is 6.08 Å². The van der Waals surface area contributed by atoms with E-state index < -0.39 is 21.0 Å². The maximum Gasteiger partial charge on any atom is 0.214 e. The van der Waals surface area contributed by atoms with E-state index in [4.69, 9.17) is 0 Å². The smallest absolute Gasteiger partial charge is 0.214 e. The quantitative estimate of drug-likeness (QED) is 0.813. The summed E-state index contributed by atoms with van der Waals surface area (Å²) in [5, 5.41) is 11.2. The number of piperidine rings is 1. The predicted molar refractivity (Wildman–Crippen MR) is 116 cm³/mol. The minimum absolute atomic E-state index is 0.0164. The van der Waals surface area contributed by atoms with Crippen LogP contribution in [-0.2, 0) is 15.4 Å². The predicted octanol–water partition coefficient (Wildman–Crippen LogP) is 3.95. The normalized spacial score (nSPS) is 37.3. The molecule has 158 valence electrons. The molecule has 2 bridgehead atoms. The zero-order valence-corrected chi connectivity index (χ0v) is 18.6. The van der Waals surface area contributed by atoms with E-state index in [1.807, 2.05) is 6.92 Å². The van der Waals surface area contributed by atoms with Crippen LogP contribution in [0.4, 0.5) is 0 Å². The Labute approximate surface area is 175 Å². The lowest BCUT2D eigenvalue weighted by atomic mass is 9.65. The van der Waals surface area contributed by atoms with Crippen LogP contribution in [0.2, 0.25) is 0 Å². The van der Waals surface area contributed by atoms with Crippen LogP contribution in [-0.4, -0.2) is 42.3 Å². The molecule has 2 saturated carbocycles. The van der Waals surface area contributed by atoms with Gasteiger partial charge in [0.1, 0.15) is 0 Å². The van der Waals surface area contributed by atoms with Gasteiger partial charge in [0.25, 0.3) is 0 Å². The maximum absolute atomic E-state index is 13.5. The fourth-order valence-corrected chi connectivity index (χ4v) is 9.71. The van der Waals surface area contributed by atoms with Crippen molar-refractivity contribution in [1.82, 2.24) is 4.31 Å². The maximum atomic E-state index is 13.5. The number of hydrogen-bond donors (Lipinski definition) is 1. The van der Waals surface area contributed by atoms with Crippen molar-refractivity contribution in [3.8, 4) is 0 Å². The van der Waals surface area contributed by atoms with E-state index in [0.717, 1.165) is 32.1 Å². The van der Waals surface area contributed by atoms with E-state index >= 15 is 0 Å². The van der Waals surface area contributed by atoms with Crippen molar-refractivity contribution < 1.29 is 13.5 Å². The van der Waals surface area contributed by atoms with E-state index in [-0.39, 0.29) is 16.6 Å². The Kier molecular flexibility index (Phi) is 4.06. The first-order chi connectivity index (χ1) is 13.5. The molecule has 0 amide bonds. The molecule has 1 spiro atoms. The Morgan fingerprint density at radius 1 is 1.10 bits per heavy atom. The van der Waals surface area contributed by atoms with Gasteiger partial charge >= 0.3 is 0 Å². The molecule has 3 fully saturated rings. The lowest BCUT2D eigenvalue weighted by Gasteiger charge is -2.47. The first-order valence-electron chi connectivity index (χ1n) is 11.0. The number of fused-ring (bicyclic) bond motifs is 4. The summed E-state index contributed by atoms with van der Waals surface area (Å²) in [7, 11) is -3.43. The Morgan fingerprint density at radius 2 is 1.79 bits per heavy atom. The molecule has 3 atom stereocenters. The largest absolute Gasteiger partial charge is 0.390 e. The van der Waals surface area contributed by atoms with Gasteiger partial charge in [0.15, 0.2) is 0 Å². The first-order valence-corrected chi connectivity index (χ1v) is 12.6. The summed E-state index contributed by atoms with van der Waals surface area (Å²) in [6.45, 7) is 7.33. The van der Waals surface area contributed by atoms with E-state index in [1.54, 1.807) is 4.31 Å². The average molecular weight is 416 g/mol. The second-order valence-corrected chi connectivity index (χ2v) is 12.7. The van der Waals surface area contributed by atoms with Crippen LogP contribution in [0.1, 0.15) is 64.0 Å². The fraction of sp³-hybridized carbons (Fsp3) is 0.667.